The van der Waals surface area contributed by atoms with Gasteiger partial charge in [-0.3, -0.25) is 10.1 Å². The van der Waals surface area contributed by atoms with Crippen LogP contribution in [0.1, 0.15) is 0 Å². The summed E-state index contributed by atoms with van der Waals surface area (Å²) in [7, 11) is 0. The van der Waals surface area contributed by atoms with Gasteiger partial charge in [-0.1, -0.05) is 0 Å². The summed E-state index contributed by atoms with van der Waals surface area (Å²) in [6.45, 7) is 0. The third-order valence-corrected chi connectivity index (χ3v) is 1.92. The van der Waals surface area contributed by atoms with Crippen molar-refractivity contribution in [2.45, 2.75) is 4.90 Å². The fourth-order valence-corrected chi connectivity index (χ4v) is 1.05. The summed E-state index contributed by atoms with van der Waals surface area (Å²) in [5, 5.41) is 10.1. The molecule has 0 aliphatic rings. The van der Waals surface area contributed by atoms with Crippen molar-refractivity contribution < 1.29 is 13.7 Å². The Bertz CT molecular complexity index is 293. The quantitative estimate of drug-likeness (QED) is 0.346. The van der Waals surface area contributed by atoms with Crippen LogP contribution in [0.2, 0.25) is 0 Å². The molecule has 0 heterocycles. The van der Waals surface area contributed by atoms with E-state index in [2.05, 4.69) is 0 Å². The summed E-state index contributed by atoms with van der Waals surface area (Å²) in [5.41, 5.74) is -0.0933. The summed E-state index contributed by atoms with van der Waals surface area (Å²) in [4.78, 5) is 9.74. The van der Waals surface area contributed by atoms with E-state index in [1.165, 1.54) is 24.3 Å². The Morgan fingerprint density at radius 2 is 1.77 bits per heavy atom. The summed E-state index contributed by atoms with van der Waals surface area (Å²) in [6.07, 6.45) is 0. The zero-order valence-electron chi connectivity index (χ0n) is 5.84. The molecule has 0 spiro atoms. The molecule has 66 valence electrons. The first-order valence-electron chi connectivity index (χ1n) is 2.96. The van der Waals surface area contributed by atoms with E-state index in [-0.39, 0.29) is 62.0 Å². The molecule has 0 amide bonds. The van der Waals surface area contributed by atoms with E-state index in [0.717, 1.165) is 0 Å². The van der Waals surface area contributed by atoms with Gasteiger partial charge in [-0.25, -0.2) is 4.21 Å². The Hall–Kier alpha value is 0.366. The molecular formula is C6H6KNO4S. The normalized spacial score (nSPS) is 11.5. The standard InChI is InChI=1S/C6H5NO4S.K.H/c8-7(9)5-1-3-6(4-2-5)12(10)11;;/h1-4H,(H,10,11);;. The van der Waals surface area contributed by atoms with Crippen LogP contribution in [0.3, 0.4) is 0 Å². The Morgan fingerprint density at radius 3 is 2.08 bits per heavy atom. The van der Waals surface area contributed by atoms with Gasteiger partial charge in [0.2, 0.25) is 0 Å². The second kappa shape index (κ2) is 5.96. The van der Waals surface area contributed by atoms with Gasteiger partial charge in [0.25, 0.3) is 5.69 Å². The summed E-state index contributed by atoms with van der Waals surface area (Å²) >= 11 is -2.07. The first-order valence-corrected chi connectivity index (χ1v) is 4.07. The van der Waals surface area contributed by atoms with Crippen molar-refractivity contribution in [1.82, 2.24) is 0 Å². The number of nitrogens with zero attached hydrogens (tertiary/aromatic N) is 1. The van der Waals surface area contributed by atoms with E-state index in [9.17, 15) is 14.3 Å². The molecule has 1 rings (SSSR count). The van der Waals surface area contributed by atoms with Crippen LogP contribution in [0, 0.1) is 10.1 Å². The van der Waals surface area contributed by atoms with Crippen molar-refractivity contribution in [3.63, 3.8) is 0 Å². The van der Waals surface area contributed by atoms with E-state index in [4.69, 9.17) is 4.55 Å². The third-order valence-electron chi connectivity index (χ3n) is 1.25. The van der Waals surface area contributed by atoms with Crippen LogP contribution >= 0.6 is 0 Å². The number of hydrogen-bond donors (Lipinski definition) is 1. The fourth-order valence-electron chi connectivity index (χ4n) is 0.684. The molecule has 1 N–H and O–H groups in total. The van der Waals surface area contributed by atoms with Crippen LogP contribution in [0.25, 0.3) is 0 Å². The van der Waals surface area contributed by atoms with Gasteiger partial charge in [0, 0.05) is 12.1 Å². The van der Waals surface area contributed by atoms with Crippen LogP contribution in [0.4, 0.5) is 5.69 Å². The third kappa shape index (κ3) is 3.94. The first-order chi connectivity index (χ1) is 5.61. The van der Waals surface area contributed by atoms with Crippen LogP contribution in [0.15, 0.2) is 29.2 Å². The monoisotopic (exact) mass is 227 g/mol. The van der Waals surface area contributed by atoms with Gasteiger partial charge in [0.05, 0.1) is 9.82 Å². The van der Waals surface area contributed by atoms with E-state index in [1.807, 2.05) is 0 Å². The molecular weight excluding hydrogens is 221 g/mol. The van der Waals surface area contributed by atoms with Crippen molar-refractivity contribution in [3.8, 4) is 0 Å². The summed E-state index contributed by atoms with van der Waals surface area (Å²) in [6, 6.07) is 4.86. The Morgan fingerprint density at radius 1 is 1.31 bits per heavy atom. The van der Waals surface area contributed by atoms with E-state index < -0.39 is 16.0 Å². The summed E-state index contributed by atoms with van der Waals surface area (Å²) < 4.78 is 19.0. The maximum atomic E-state index is 10.4. The van der Waals surface area contributed by atoms with Gasteiger partial charge in [0.1, 0.15) is 0 Å². The SMILES string of the molecule is O=[N+]([O-])c1ccc(S(=O)O)cc1.[KH]. The van der Waals surface area contributed by atoms with Crippen molar-refractivity contribution in [2.75, 3.05) is 0 Å². The topological polar surface area (TPSA) is 80.4 Å². The molecule has 0 aromatic heterocycles. The van der Waals surface area contributed by atoms with Gasteiger partial charge < -0.3 is 4.55 Å². The predicted molar refractivity (Wildman–Crippen MR) is 49.3 cm³/mol. The molecule has 0 aliphatic heterocycles. The molecule has 1 unspecified atom stereocenters. The number of hydrogen-bond acceptors (Lipinski definition) is 3. The number of benzene rings is 1. The van der Waals surface area contributed by atoms with Crippen molar-refractivity contribution >= 4 is 68.2 Å². The van der Waals surface area contributed by atoms with E-state index in [1.54, 1.807) is 0 Å². The molecule has 1 aromatic carbocycles. The number of non-ortho nitro benzene ring substituents is 1. The molecule has 1 atom stereocenters. The van der Waals surface area contributed by atoms with Gasteiger partial charge in [-0.05, 0) is 12.1 Å². The molecule has 5 nitrogen and oxygen atoms in total. The van der Waals surface area contributed by atoms with Crippen LogP contribution in [0.5, 0.6) is 0 Å². The predicted octanol–water partition coefficient (Wildman–Crippen LogP) is 0.527. The molecule has 0 radical (unpaired) electrons. The molecule has 13 heavy (non-hydrogen) atoms. The van der Waals surface area contributed by atoms with Crippen LogP contribution < -0.4 is 0 Å². The second-order valence-electron chi connectivity index (χ2n) is 2.00. The number of nitro groups is 1. The molecule has 0 aliphatic carbocycles. The second-order valence-corrected chi connectivity index (χ2v) is 2.97. The molecule has 0 fully saturated rings. The van der Waals surface area contributed by atoms with Gasteiger partial charge in [-0.2, -0.15) is 0 Å². The number of rotatable bonds is 2. The molecule has 0 saturated carbocycles. The number of nitro benzene ring substituents is 1. The average Bonchev–Trinajstić information content (AvgIpc) is 2.04. The van der Waals surface area contributed by atoms with Crippen LogP contribution in [-0.2, 0) is 11.1 Å². The average molecular weight is 227 g/mol. The van der Waals surface area contributed by atoms with Crippen molar-refractivity contribution in [1.29, 1.82) is 0 Å². The molecule has 7 heteroatoms. The fraction of sp³-hybridized carbons (Fsp3) is 0. The first kappa shape index (κ1) is 13.4. The maximum absolute atomic E-state index is 10.4. The van der Waals surface area contributed by atoms with Crippen LogP contribution in [-0.4, -0.2) is 65.1 Å². The summed E-state index contributed by atoms with van der Waals surface area (Å²) in [5.74, 6) is 0. The van der Waals surface area contributed by atoms with Gasteiger partial charge >= 0.3 is 51.4 Å². The Labute approximate surface area is 119 Å². The molecule has 0 bridgehead atoms. The van der Waals surface area contributed by atoms with E-state index >= 15 is 0 Å². The zero-order valence-corrected chi connectivity index (χ0v) is 6.65. The minimum atomic E-state index is -2.07. The zero-order chi connectivity index (χ0) is 9.14. The molecule has 1 aromatic rings. The van der Waals surface area contributed by atoms with Crippen molar-refractivity contribution in [2.24, 2.45) is 0 Å². The minimum absolute atomic E-state index is 0. The van der Waals surface area contributed by atoms with Gasteiger partial charge in [-0.15, -0.1) is 0 Å². The molecule has 0 saturated heterocycles. The van der Waals surface area contributed by atoms with Gasteiger partial charge in [0.15, 0.2) is 11.1 Å². The Kier molecular flexibility index (Phi) is 6.13. The Balaban J connectivity index is 0.00000144. The van der Waals surface area contributed by atoms with Crippen molar-refractivity contribution in [3.05, 3.63) is 34.4 Å². The van der Waals surface area contributed by atoms with E-state index in [0.29, 0.717) is 0 Å².